The number of ether oxygens (including phenoxy) is 1. The SMILES string of the molecule is CC1(C(=O)O)C(c2ccccc2)C(C(=O)c2ccccc2)C(c2ccc(C#N)cc2)N1C(=O)COc1ccccc1. The Hall–Kier alpha value is -5.22. The first-order valence-corrected chi connectivity index (χ1v) is 13.2. The van der Waals surface area contributed by atoms with E-state index in [1.807, 2.05) is 12.1 Å². The molecule has 1 fully saturated rings. The van der Waals surface area contributed by atoms with Crippen molar-refractivity contribution in [2.45, 2.75) is 24.4 Å². The van der Waals surface area contributed by atoms with E-state index >= 15 is 0 Å². The highest BCUT2D eigenvalue weighted by Crippen LogP contribution is 2.56. The molecule has 0 aliphatic carbocycles. The molecule has 0 saturated carbocycles. The average molecular weight is 545 g/mol. The summed E-state index contributed by atoms with van der Waals surface area (Å²) < 4.78 is 5.78. The van der Waals surface area contributed by atoms with Crippen molar-refractivity contribution in [2.24, 2.45) is 5.92 Å². The third kappa shape index (κ3) is 5.08. The van der Waals surface area contributed by atoms with Gasteiger partial charge in [0.1, 0.15) is 11.3 Å². The van der Waals surface area contributed by atoms with Gasteiger partial charge in [-0.3, -0.25) is 9.59 Å². The number of benzene rings is 4. The van der Waals surface area contributed by atoms with Gasteiger partial charge in [-0.2, -0.15) is 5.26 Å². The molecule has 0 radical (unpaired) electrons. The van der Waals surface area contributed by atoms with Crippen LogP contribution in [0.5, 0.6) is 5.75 Å². The predicted molar refractivity (Wildman–Crippen MR) is 152 cm³/mol. The van der Waals surface area contributed by atoms with Gasteiger partial charge < -0.3 is 14.7 Å². The monoisotopic (exact) mass is 544 g/mol. The Labute approximate surface area is 238 Å². The van der Waals surface area contributed by atoms with E-state index in [2.05, 4.69) is 6.07 Å². The van der Waals surface area contributed by atoms with E-state index in [9.17, 15) is 24.8 Å². The van der Waals surface area contributed by atoms with Crippen LogP contribution in [0, 0.1) is 17.2 Å². The average Bonchev–Trinajstić information content (AvgIpc) is 3.31. The summed E-state index contributed by atoms with van der Waals surface area (Å²) in [5.74, 6) is -3.47. The number of para-hydroxylation sites is 1. The number of rotatable bonds is 8. The molecule has 0 bridgehead atoms. The quantitative estimate of drug-likeness (QED) is 0.287. The van der Waals surface area contributed by atoms with Gasteiger partial charge >= 0.3 is 5.97 Å². The van der Waals surface area contributed by atoms with Crippen LogP contribution >= 0.6 is 0 Å². The predicted octanol–water partition coefficient (Wildman–Crippen LogP) is 5.65. The number of likely N-dealkylation sites (tertiary alicyclic amines) is 1. The first kappa shape index (κ1) is 27.4. The fraction of sp³-hybridized carbons (Fsp3) is 0.176. The molecule has 4 atom stereocenters. The van der Waals surface area contributed by atoms with Crippen LogP contribution in [0.2, 0.25) is 0 Å². The molecule has 1 amide bonds. The van der Waals surface area contributed by atoms with Gasteiger partial charge in [0.2, 0.25) is 0 Å². The second kappa shape index (κ2) is 11.5. The number of ketones is 1. The minimum Gasteiger partial charge on any atom is -0.484 e. The van der Waals surface area contributed by atoms with Crippen molar-refractivity contribution < 1.29 is 24.2 Å². The van der Waals surface area contributed by atoms with Gasteiger partial charge in [0.05, 0.1) is 23.6 Å². The molecule has 204 valence electrons. The van der Waals surface area contributed by atoms with Gasteiger partial charge in [-0.05, 0) is 42.3 Å². The van der Waals surface area contributed by atoms with E-state index in [0.717, 1.165) is 0 Å². The molecule has 0 spiro atoms. The first-order chi connectivity index (χ1) is 19.9. The van der Waals surface area contributed by atoms with Crippen molar-refractivity contribution in [2.75, 3.05) is 6.61 Å². The lowest BCUT2D eigenvalue weighted by molar-refractivity contribution is -0.158. The second-order valence-electron chi connectivity index (χ2n) is 10.1. The normalized spacial score (nSPS) is 21.6. The maximum atomic E-state index is 14.4. The molecular formula is C34H28N2O5. The summed E-state index contributed by atoms with van der Waals surface area (Å²) in [5.41, 5.74) is 0.191. The molecule has 7 nitrogen and oxygen atoms in total. The zero-order valence-electron chi connectivity index (χ0n) is 22.4. The molecule has 1 N–H and O–H groups in total. The third-order valence-corrected chi connectivity index (χ3v) is 7.79. The highest BCUT2D eigenvalue weighted by atomic mass is 16.5. The van der Waals surface area contributed by atoms with Crippen molar-refractivity contribution in [3.63, 3.8) is 0 Å². The lowest BCUT2D eigenvalue weighted by Gasteiger charge is -2.37. The fourth-order valence-electron chi connectivity index (χ4n) is 5.91. The van der Waals surface area contributed by atoms with E-state index in [1.54, 1.807) is 103 Å². The summed E-state index contributed by atoms with van der Waals surface area (Å²) >= 11 is 0. The molecule has 1 saturated heterocycles. The van der Waals surface area contributed by atoms with Gasteiger partial charge in [0, 0.05) is 11.5 Å². The van der Waals surface area contributed by atoms with Crippen LogP contribution in [0.3, 0.4) is 0 Å². The lowest BCUT2D eigenvalue weighted by atomic mass is 9.71. The van der Waals surface area contributed by atoms with Crippen molar-refractivity contribution in [3.05, 3.63) is 138 Å². The molecule has 1 heterocycles. The van der Waals surface area contributed by atoms with Crippen LogP contribution in [-0.2, 0) is 9.59 Å². The van der Waals surface area contributed by atoms with Crippen LogP contribution < -0.4 is 4.74 Å². The molecule has 4 unspecified atom stereocenters. The van der Waals surface area contributed by atoms with E-state index in [4.69, 9.17) is 4.74 Å². The van der Waals surface area contributed by atoms with Crippen LogP contribution in [0.25, 0.3) is 0 Å². The zero-order valence-corrected chi connectivity index (χ0v) is 22.4. The van der Waals surface area contributed by atoms with Crippen molar-refractivity contribution >= 4 is 17.7 Å². The number of hydrogen-bond donors (Lipinski definition) is 1. The van der Waals surface area contributed by atoms with E-state index in [0.29, 0.717) is 28.0 Å². The van der Waals surface area contributed by atoms with Crippen LogP contribution in [0.4, 0.5) is 0 Å². The molecule has 41 heavy (non-hydrogen) atoms. The Bertz CT molecular complexity index is 1580. The first-order valence-electron chi connectivity index (χ1n) is 13.2. The van der Waals surface area contributed by atoms with E-state index in [-0.39, 0.29) is 5.78 Å². The number of aliphatic carboxylic acids is 1. The number of carbonyl (C=O) groups is 3. The number of nitrogens with zero attached hydrogens (tertiary/aromatic N) is 2. The summed E-state index contributed by atoms with van der Waals surface area (Å²) in [4.78, 5) is 43.1. The molecule has 1 aliphatic heterocycles. The Kier molecular flexibility index (Phi) is 7.66. The summed E-state index contributed by atoms with van der Waals surface area (Å²) in [7, 11) is 0. The Morgan fingerprint density at radius 2 is 1.39 bits per heavy atom. The van der Waals surface area contributed by atoms with Crippen LogP contribution in [-0.4, -0.2) is 39.8 Å². The largest absolute Gasteiger partial charge is 0.484 e. The topological polar surface area (TPSA) is 108 Å². The minimum atomic E-state index is -1.81. The lowest BCUT2D eigenvalue weighted by Crippen LogP contribution is -2.55. The Morgan fingerprint density at radius 3 is 1.95 bits per heavy atom. The van der Waals surface area contributed by atoms with Crippen LogP contribution in [0.15, 0.2) is 115 Å². The third-order valence-electron chi connectivity index (χ3n) is 7.79. The molecular weight excluding hydrogens is 516 g/mol. The van der Waals surface area contributed by atoms with Crippen molar-refractivity contribution in [1.29, 1.82) is 5.26 Å². The molecule has 0 aromatic heterocycles. The van der Waals surface area contributed by atoms with E-state index in [1.165, 1.54) is 11.8 Å². The number of hydrogen-bond acceptors (Lipinski definition) is 5. The molecule has 4 aromatic rings. The number of carboxylic acid groups (broad SMARTS) is 1. The number of nitriles is 1. The van der Waals surface area contributed by atoms with Crippen LogP contribution in [0.1, 0.15) is 45.9 Å². The highest BCUT2D eigenvalue weighted by Gasteiger charge is 2.64. The second-order valence-corrected chi connectivity index (χ2v) is 10.1. The van der Waals surface area contributed by atoms with Gasteiger partial charge in [-0.15, -0.1) is 0 Å². The van der Waals surface area contributed by atoms with E-state index < -0.39 is 41.9 Å². The smallest absolute Gasteiger partial charge is 0.330 e. The highest BCUT2D eigenvalue weighted by molar-refractivity contribution is 6.02. The summed E-state index contributed by atoms with van der Waals surface area (Å²) in [6.07, 6.45) is 0. The summed E-state index contributed by atoms with van der Waals surface area (Å²) in [5, 5.41) is 20.2. The van der Waals surface area contributed by atoms with Gasteiger partial charge in [-0.1, -0.05) is 91.0 Å². The maximum Gasteiger partial charge on any atom is 0.330 e. The summed E-state index contributed by atoms with van der Waals surface area (Å²) in [6, 6.07) is 34.2. The van der Waals surface area contributed by atoms with Gasteiger partial charge in [0.25, 0.3) is 5.91 Å². The fourth-order valence-corrected chi connectivity index (χ4v) is 5.91. The number of amides is 1. The maximum absolute atomic E-state index is 14.4. The van der Waals surface area contributed by atoms with Gasteiger partial charge in [-0.25, -0.2) is 4.79 Å². The Morgan fingerprint density at radius 1 is 0.829 bits per heavy atom. The molecule has 1 aliphatic rings. The number of Topliss-reactive ketones (excluding diaryl/α,β-unsaturated/α-hetero) is 1. The molecule has 7 heteroatoms. The number of carboxylic acids is 1. The standard InChI is InChI=1S/C34H28N2O5/c1-34(33(39)40)30(24-11-5-2-6-12-24)29(32(38)26-13-7-3-8-14-26)31(25-19-17-23(21-35)18-20-25)36(34)28(37)22-41-27-15-9-4-10-16-27/h2-20,29-31H,22H2,1H3,(H,39,40). The van der Waals surface area contributed by atoms with Gasteiger partial charge in [0.15, 0.2) is 12.4 Å². The molecule has 5 rings (SSSR count). The number of carbonyl (C=O) groups excluding carboxylic acids is 2. The van der Waals surface area contributed by atoms with Crippen molar-refractivity contribution in [1.82, 2.24) is 4.90 Å². The van der Waals surface area contributed by atoms with Crippen molar-refractivity contribution in [3.8, 4) is 11.8 Å². The Balaban J connectivity index is 1.72. The zero-order chi connectivity index (χ0) is 29.0. The minimum absolute atomic E-state index is 0.277. The molecule has 4 aromatic carbocycles. The summed E-state index contributed by atoms with van der Waals surface area (Å²) in [6.45, 7) is 1.08.